The fourth-order valence-corrected chi connectivity index (χ4v) is 4.17. The van der Waals surface area contributed by atoms with Gasteiger partial charge < -0.3 is 14.5 Å². The fourth-order valence-electron chi connectivity index (χ4n) is 3.65. The molecule has 2 fully saturated rings. The summed E-state index contributed by atoms with van der Waals surface area (Å²) in [6.45, 7) is 3.35. The van der Waals surface area contributed by atoms with Crippen molar-refractivity contribution in [2.75, 3.05) is 39.9 Å². The van der Waals surface area contributed by atoms with Crippen molar-refractivity contribution in [1.29, 1.82) is 0 Å². The molecule has 0 radical (unpaired) electrons. The molecule has 0 bridgehead atoms. The van der Waals surface area contributed by atoms with Gasteiger partial charge in [-0.05, 0) is 25.7 Å². The summed E-state index contributed by atoms with van der Waals surface area (Å²) >= 11 is 1.43. The Morgan fingerprint density at radius 3 is 2.78 bits per heavy atom. The van der Waals surface area contributed by atoms with Gasteiger partial charge in [-0.2, -0.15) is 0 Å². The van der Waals surface area contributed by atoms with Crippen LogP contribution in [-0.4, -0.2) is 66.5 Å². The number of hydrogen-bond acceptors (Lipinski definition) is 5. The summed E-state index contributed by atoms with van der Waals surface area (Å²) in [5.74, 6) is 0.238. The summed E-state index contributed by atoms with van der Waals surface area (Å²) in [5, 5.41) is 1.78. The molecule has 0 atom stereocenters. The number of amides is 2. The number of likely N-dealkylation sites (tertiary alicyclic amines) is 2. The van der Waals surface area contributed by atoms with Gasteiger partial charge in [0.2, 0.25) is 5.91 Å². The number of carbonyl (C=O) groups is 2. The van der Waals surface area contributed by atoms with E-state index in [0.29, 0.717) is 31.9 Å². The van der Waals surface area contributed by atoms with Crippen LogP contribution in [0.25, 0.3) is 0 Å². The van der Waals surface area contributed by atoms with Gasteiger partial charge in [-0.15, -0.1) is 11.3 Å². The van der Waals surface area contributed by atoms with Crippen LogP contribution in [-0.2, 0) is 9.53 Å². The third-order valence-corrected chi connectivity index (χ3v) is 5.64. The predicted octanol–water partition coefficient (Wildman–Crippen LogP) is 1.63. The molecule has 6 nitrogen and oxygen atoms in total. The topological polar surface area (TPSA) is 62.7 Å². The van der Waals surface area contributed by atoms with Crippen molar-refractivity contribution in [3.8, 4) is 0 Å². The smallest absolute Gasteiger partial charge is 0.273 e. The van der Waals surface area contributed by atoms with E-state index in [4.69, 9.17) is 4.74 Å². The van der Waals surface area contributed by atoms with Crippen LogP contribution < -0.4 is 0 Å². The zero-order valence-corrected chi connectivity index (χ0v) is 14.3. The van der Waals surface area contributed by atoms with Crippen molar-refractivity contribution in [3.05, 3.63) is 16.6 Å². The van der Waals surface area contributed by atoms with Crippen molar-refractivity contribution >= 4 is 23.2 Å². The SMILES string of the molecule is COCCN1CCCC2(CCN(C(=O)c3cscn3)CC2)C1=O. The monoisotopic (exact) mass is 337 g/mol. The van der Waals surface area contributed by atoms with Crippen LogP contribution in [0.4, 0.5) is 0 Å². The van der Waals surface area contributed by atoms with Gasteiger partial charge in [-0.3, -0.25) is 9.59 Å². The van der Waals surface area contributed by atoms with E-state index < -0.39 is 0 Å². The summed E-state index contributed by atoms with van der Waals surface area (Å²) < 4.78 is 5.11. The van der Waals surface area contributed by atoms with Crippen molar-refractivity contribution in [2.24, 2.45) is 5.41 Å². The summed E-state index contributed by atoms with van der Waals surface area (Å²) in [6.07, 6.45) is 3.49. The molecule has 23 heavy (non-hydrogen) atoms. The normalized spacial score (nSPS) is 21.0. The van der Waals surface area contributed by atoms with Crippen LogP contribution in [0.15, 0.2) is 10.9 Å². The molecule has 2 amide bonds. The summed E-state index contributed by atoms with van der Waals surface area (Å²) in [4.78, 5) is 33.1. The average Bonchev–Trinajstić information content (AvgIpc) is 3.11. The Labute approximate surface area is 140 Å². The molecular formula is C16H23N3O3S. The van der Waals surface area contributed by atoms with Gasteiger partial charge >= 0.3 is 0 Å². The second-order valence-corrected chi connectivity index (χ2v) is 7.05. The Balaban J connectivity index is 1.62. The first-order valence-electron chi connectivity index (χ1n) is 8.12. The van der Waals surface area contributed by atoms with Crippen LogP contribution in [0, 0.1) is 5.41 Å². The quantitative estimate of drug-likeness (QED) is 0.838. The number of methoxy groups -OCH3 is 1. The lowest BCUT2D eigenvalue weighted by Gasteiger charge is -2.46. The maximum atomic E-state index is 12.9. The van der Waals surface area contributed by atoms with Crippen LogP contribution in [0.5, 0.6) is 0 Å². The van der Waals surface area contributed by atoms with E-state index in [0.717, 1.165) is 32.2 Å². The number of ether oxygens (including phenoxy) is 1. The third-order valence-electron chi connectivity index (χ3n) is 5.05. The Hall–Kier alpha value is -1.47. The van der Waals surface area contributed by atoms with Gasteiger partial charge in [0.25, 0.3) is 5.91 Å². The van der Waals surface area contributed by atoms with E-state index in [-0.39, 0.29) is 17.2 Å². The van der Waals surface area contributed by atoms with Gasteiger partial charge in [-0.1, -0.05) is 0 Å². The van der Waals surface area contributed by atoms with Crippen molar-refractivity contribution in [2.45, 2.75) is 25.7 Å². The molecule has 1 spiro atoms. The molecule has 0 aromatic carbocycles. The summed E-state index contributed by atoms with van der Waals surface area (Å²) in [5.41, 5.74) is 1.92. The maximum Gasteiger partial charge on any atom is 0.273 e. The highest BCUT2D eigenvalue weighted by Crippen LogP contribution is 2.41. The first kappa shape index (κ1) is 16.4. The predicted molar refractivity (Wildman–Crippen MR) is 87.4 cm³/mol. The molecule has 0 saturated carbocycles. The van der Waals surface area contributed by atoms with Crippen molar-refractivity contribution in [1.82, 2.24) is 14.8 Å². The molecule has 2 saturated heterocycles. The number of piperidine rings is 2. The Bertz CT molecular complexity index is 553. The molecule has 0 aliphatic carbocycles. The zero-order chi connectivity index (χ0) is 16.3. The van der Waals surface area contributed by atoms with E-state index in [2.05, 4.69) is 4.98 Å². The molecule has 1 aromatic rings. The van der Waals surface area contributed by atoms with E-state index in [9.17, 15) is 9.59 Å². The lowest BCUT2D eigenvalue weighted by atomic mass is 9.71. The van der Waals surface area contributed by atoms with Crippen LogP contribution in [0.2, 0.25) is 0 Å². The molecule has 3 rings (SSSR count). The van der Waals surface area contributed by atoms with Crippen molar-refractivity contribution < 1.29 is 14.3 Å². The van der Waals surface area contributed by atoms with E-state index in [1.165, 1.54) is 11.3 Å². The number of rotatable bonds is 4. The standard InChI is InChI=1S/C16H23N3O3S/c1-22-10-9-19-6-2-3-16(15(19)21)4-7-18(8-5-16)14(20)13-11-23-12-17-13/h11-12H,2-10H2,1H3. The van der Waals surface area contributed by atoms with Crippen molar-refractivity contribution in [3.63, 3.8) is 0 Å². The minimum absolute atomic E-state index is 0.0133. The summed E-state index contributed by atoms with van der Waals surface area (Å²) in [7, 11) is 1.66. The number of thiazole rings is 1. The van der Waals surface area contributed by atoms with Gasteiger partial charge in [0.1, 0.15) is 5.69 Å². The third kappa shape index (κ3) is 3.26. The number of nitrogens with zero attached hydrogens (tertiary/aromatic N) is 3. The molecule has 1 aromatic heterocycles. The highest BCUT2D eigenvalue weighted by molar-refractivity contribution is 7.07. The van der Waals surface area contributed by atoms with Gasteiger partial charge in [-0.25, -0.2) is 4.98 Å². The number of aromatic nitrogens is 1. The first-order chi connectivity index (χ1) is 11.2. The lowest BCUT2D eigenvalue weighted by molar-refractivity contribution is -0.150. The molecule has 2 aliphatic rings. The Kier molecular flexibility index (Phi) is 4.96. The molecular weight excluding hydrogens is 314 g/mol. The zero-order valence-electron chi connectivity index (χ0n) is 13.5. The second-order valence-electron chi connectivity index (χ2n) is 6.33. The molecule has 7 heteroatoms. The highest BCUT2D eigenvalue weighted by Gasteiger charge is 2.46. The van der Waals surface area contributed by atoms with Gasteiger partial charge in [0, 0.05) is 38.7 Å². The highest BCUT2D eigenvalue weighted by atomic mass is 32.1. The minimum atomic E-state index is -0.273. The van der Waals surface area contributed by atoms with Gasteiger partial charge in [0.05, 0.1) is 17.5 Å². The maximum absolute atomic E-state index is 12.9. The summed E-state index contributed by atoms with van der Waals surface area (Å²) in [6, 6.07) is 0. The number of hydrogen-bond donors (Lipinski definition) is 0. The average molecular weight is 337 g/mol. The Morgan fingerprint density at radius 1 is 1.35 bits per heavy atom. The van der Waals surface area contributed by atoms with E-state index >= 15 is 0 Å². The molecule has 3 heterocycles. The van der Waals surface area contributed by atoms with E-state index in [1.54, 1.807) is 18.0 Å². The largest absolute Gasteiger partial charge is 0.383 e. The molecule has 2 aliphatic heterocycles. The fraction of sp³-hybridized carbons (Fsp3) is 0.688. The van der Waals surface area contributed by atoms with Crippen LogP contribution in [0.1, 0.15) is 36.2 Å². The van der Waals surface area contributed by atoms with Crippen LogP contribution >= 0.6 is 11.3 Å². The lowest BCUT2D eigenvalue weighted by Crippen LogP contribution is -2.54. The molecule has 126 valence electrons. The second kappa shape index (κ2) is 6.97. The Morgan fingerprint density at radius 2 is 2.13 bits per heavy atom. The molecule has 0 N–H and O–H groups in total. The van der Waals surface area contributed by atoms with Gasteiger partial charge in [0.15, 0.2) is 0 Å². The first-order valence-corrected chi connectivity index (χ1v) is 9.06. The molecule has 0 unspecified atom stereocenters. The van der Waals surface area contributed by atoms with E-state index in [1.807, 2.05) is 9.80 Å². The number of carbonyl (C=O) groups excluding carboxylic acids is 2. The minimum Gasteiger partial charge on any atom is -0.383 e. The van der Waals surface area contributed by atoms with Crippen LogP contribution in [0.3, 0.4) is 0 Å².